The van der Waals surface area contributed by atoms with E-state index in [9.17, 15) is 18.9 Å². The molecule has 1 aromatic rings. The molecule has 2 atom stereocenters. The highest BCUT2D eigenvalue weighted by Crippen LogP contribution is 2.42. The summed E-state index contributed by atoms with van der Waals surface area (Å²) in [6.07, 6.45) is 0. The monoisotopic (exact) mass is 298 g/mol. The van der Waals surface area contributed by atoms with Crippen molar-refractivity contribution in [1.29, 1.82) is 0 Å². The van der Waals surface area contributed by atoms with Crippen LogP contribution in [0.1, 0.15) is 0 Å². The van der Waals surface area contributed by atoms with Crippen molar-refractivity contribution in [1.82, 2.24) is 0 Å². The molecule has 18 heavy (non-hydrogen) atoms. The van der Waals surface area contributed by atoms with Crippen molar-refractivity contribution in [2.75, 3.05) is 13.6 Å². The molecular weight excluding hydrogens is 286 g/mol. The third-order valence-corrected chi connectivity index (χ3v) is 4.80. The van der Waals surface area contributed by atoms with Crippen LogP contribution in [0.15, 0.2) is 24.3 Å². The molecule has 0 saturated carbocycles. The largest absolute Gasteiger partial charge is 0.370 e. The molecular formula is C8H12O8P2. The second-order valence-electron chi connectivity index (χ2n) is 3.07. The van der Waals surface area contributed by atoms with Crippen LogP contribution in [0.5, 0.6) is 0 Å². The Morgan fingerprint density at radius 2 is 1.11 bits per heavy atom. The molecule has 0 aliphatic carbocycles. The van der Waals surface area contributed by atoms with Gasteiger partial charge in [-0.15, -0.1) is 0 Å². The molecule has 0 aliphatic heterocycles. The van der Waals surface area contributed by atoms with Gasteiger partial charge in [0.1, 0.15) is 0 Å². The van der Waals surface area contributed by atoms with Crippen LogP contribution in [-0.4, -0.2) is 33.6 Å². The fourth-order valence-electron chi connectivity index (χ4n) is 1.13. The zero-order valence-corrected chi connectivity index (χ0v) is 10.8. The summed E-state index contributed by atoms with van der Waals surface area (Å²) in [7, 11) is -8.29. The van der Waals surface area contributed by atoms with E-state index in [0.717, 1.165) is 24.3 Å². The minimum Gasteiger partial charge on any atom is -0.370 e. The van der Waals surface area contributed by atoms with E-state index in [1.165, 1.54) is 0 Å². The van der Waals surface area contributed by atoms with E-state index in [2.05, 4.69) is 9.05 Å². The predicted molar refractivity (Wildman–Crippen MR) is 61.7 cm³/mol. The fraction of sp³-hybridized carbons (Fsp3) is 0.250. The van der Waals surface area contributed by atoms with Crippen molar-refractivity contribution < 1.29 is 38.2 Å². The molecule has 0 amide bonds. The van der Waals surface area contributed by atoms with Crippen molar-refractivity contribution in [2.45, 2.75) is 0 Å². The summed E-state index contributed by atoms with van der Waals surface area (Å²) in [6.45, 7) is -1.86. The van der Waals surface area contributed by atoms with E-state index in [0.29, 0.717) is 0 Å². The first kappa shape index (κ1) is 15.5. The minimum absolute atomic E-state index is 0.149. The maximum absolute atomic E-state index is 11.5. The molecule has 10 heteroatoms. The topological polar surface area (TPSA) is 134 Å². The second-order valence-corrected chi connectivity index (χ2v) is 6.70. The number of benzene rings is 1. The van der Waals surface area contributed by atoms with Gasteiger partial charge in [0, 0.05) is 0 Å². The molecule has 0 saturated heterocycles. The molecule has 4 N–H and O–H groups in total. The van der Waals surface area contributed by atoms with Crippen molar-refractivity contribution in [3.8, 4) is 0 Å². The van der Waals surface area contributed by atoms with Gasteiger partial charge in [0.2, 0.25) is 0 Å². The Labute approximate surface area is 102 Å². The zero-order valence-electron chi connectivity index (χ0n) is 9.04. The molecule has 0 fully saturated rings. The van der Waals surface area contributed by atoms with Crippen LogP contribution in [0.2, 0.25) is 0 Å². The number of hydrogen-bond acceptors (Lipinski definition) is 6. The lowest BCUT2D eigenvalue weighted by atomic mass is 10.4. The van der Waals surface area contributed by atoms with Crippen LogP contribution in [0.4, 0.5) is 0 Å². The Morgan fingerprint density at radius 3 is 1.33 bits per heavy atom. The van der Waals surface area contributed by atoms with Crippen LogP contribution < -0.4 is 10.6 Å². The van der Waals surface area contributed by atoms with E-state index in [1.54, 1.807) is 0 Å². The maximum Gasteiger partial charge on any atom is 0.360 e. The normalized spacial score (nSPS) is 18.0. The quantitative estimate of drug-likeness (QED) is 0.398. The van der Waals surface area contributed by atoms with E-state index in [4.69, 9.17) is 10.2 Å². The van der Waals surface area contributed by atoms with Gasteiger partial charge in [0.15, 0.2) is 13.6 Å². The highest BCUT2D eigenvalue weighted by molar-refractivity contribution is 7.62. The summed E-state index contributed by atoms with van der Waals surface area (Å²) in [5, 5.41) is 16.6. The molecule has 102 valence electrons. The SMILES string of the molecule is O=P(O)(OCO)c1ccc(P(=O)(O)OCO)cc1. The van der Waals surface area contributed by atoms with Crippen molar-refractivity contribution in [2.24, 2.45) is 0 Å². The van der Waals surface area contributed by atoms with Gasteiger partial charge in [-0.25, -0.2) is 0 Å². The molecule has 0 radical (unpaired) electrons. The molecule has 2 unspecified atom stereocenters. The molecule has 0 aliphatic rings. The summed E-state index contributed by atoms with van der Waals surface area (Å²) in [5.74, 6) is 0. The van der Waals surface area contributed by atoms with Crippen LogP contribution in [0.3, 0.4) is 0 Å². The van der Waals surface area contributed by atoms with Crippen LogP contribution >= 0.6 is 15.2 Å². The third-order valence-electron chi connectivity index (χ3n) is 1.97. The Balaban J connectivity index is 3.00. The smallest absolute Gasteiger partial charge is 0.360 e. The molecule has 1 aromatic carbocycles. The van der Waals surface area contributed by atoms with Crippen molar-refractivity contribution in [3.63, 3.8) is 0 Å². The van der Waals surface area contributed by atoms with Crippen LogP contribution in [0, 0.1) is 0 Å². The number of rotatable bonds is 6. The van der Waals surface area contributed by atoms with Gasteiger partial charge in [0.25, 0.3) is 0 Å². The average Bonchev–Trinajstić information content (AvgIpc) is 2.29. The Bertz CT molecular complexity index is 439. The van der Waals surface area contributed by atoms with E-state index in [-0.39, 0.29) is 10.6 Å². The van der Waals surface area contributed by atoms with Crippen LogP contribution in [-0.2, 0) is 18.2 Å². The minimum atomic E-state index is -4.14. The average molecular weight is 298 g/mol. The van der Waals surface area contributed by atoms with Gasteiger partial charge < -0.3 is 20.0 Å². The van der Waals surface area contributed by atoms with E-state index < -0.39 is 28.8 Å². The van der Waals surface area contributed by atoms with Crippen molar-refractivity contribution in [3.05, 3.63) is 24.3 Å². The molecule has 0 aromatic heterocycles. The molecule has 0 spiro atoms. The van der Waals surface area contributed by atoms with Gasteiger partial charge in [-0.1, -0.05) is 0 Å². The second kappa shape index (κ2) is 6.06. The summed E-state index contributed by atoms with van der Waals surface area (Å²) in [5.41, 5.74) is 0. The highest BCUT2D eigenvalue weighted by atomic mass is 31.2. The van der Waals surface area contributed by atoms with Gasteiger partial charge in [0.05, 0.1) is 10.6 Å². The Morgan fingerprint density at radius 1 is 0.833 bits per heavy atom. The first-order chi connectivity index (χ1) is 8.33. The maximum atomic E-state index is 11.5. The lowest BCUT2D eigenvalue weighted by Crippen LogP contribution is -2.13. The van der Waals surface area contributed by atoms with E-state index >= 15 is 0 Å². The van der Waals surface area contributed by atoms with Gasteiger partial charge in [-0.3, -0.25) is 18.2 Å². The first-order valence-corrected chi connectivity index (χ1v) is 7.76. The number of hydrogen-bond donors (Lipinski definition) is 4. The van der Waals surface area contributed by atoms with Gasteiger partial charge in [-0.2, -0.15) is 0 Å². The number of aliphatic hydroxyl groups excluding tert-OH is 2. The molecule has 0 heterocycles. The zero-order chi connectivity index (χ0) is 13.8. The predicted octanol–water partition coefficient (Wildman–Crippen LogP) is -0.759. The molecule has 8 nitrogen and oxygen atoms in total. The summed E-state index contributed by atoms with van der Waals surface area (Å²) < 4.78 is 31.4. The third kappa shape index (κ3) is 3.71. The number of aliphatic hydroxyl groups is 2. The Hall–Kier alpha value is -0.560. The molecule has 1 rings (SSSR count). The molecule has 0 bridgehead atoms. The summed E-state index contributed by atoms with van der Waals surface area (Å²) in [6, 6.07) is 4.37. The standard InChI is InChI=1S/C8H12O8P2/c9-5-15-17(11,12)7-1-2-8(4-3-7)18(13,14)16-6-10/h1-4,9-10H,5-6H2,(H,11,12)(H,13,14). The lowest BCUT2D eigenvalue weighted by Gasteiger charge is -2.13. The van der Waals surface area contributed by atoms with Crippen molar-refractivity contribution >= 4 is 25.8 Å². The lowest BCUT2D eigenvalue weighted by molar-refractivity contribution is 0.0887. The Kier molecular flexibility index (Phi) is 5.21. The van der Waals surface area contributed by atoms with Crippen LogP contribution in [0.25, 0.3) is 0 Å². The van der Waals surface area contributed by atoms with Gasteiger partial charge in [-0.05, 0) is 24.3 Å². The fourth-order valence-corrected chi connectivity index (χ4v) is 2.80. The highest BCUT2D eigenvalue weighted by Gasteiger charge is 2.26. The first-order valence-electron chi connectivity index (χ1n) is 4.61. The summed E-state index contributed by atoms with van der Waals surface area (Å²) >= 11 is 0. The van der Waals surface area contributed by atoms with E-state index in [1.807, 2.05) is 0 Å². The van der Waals surface area contributed by atoms with Gasteiger partial charge >= 0.3 is 15.2 Å². The summed E-state index contributed by atoms with van der Waals surface area (Å²) in [4.78, 5) is 18.7.